The summed E-state index contributed by atoms with van der Waals surface area (Å²) in [5.74, 6) is -0.235. The van der Waals surface area contributed by atoms with Gasteiger partial charge in [0, 0.05) is 18.3 Å². The van der Waals surface area contributed by atoms with E-state index in [9.17, 15) is 4.79 Å². The molecule has 0 spiro atoms. The van der Waals surface area contributed by atoms with Gasteiger partial charge < -0.3 is 0 Å². The van der Waals surface area contributed by atoms with Crippen molar-refractivity contribution in [2.45, 2.75) is 20.3 Å². The quantitative estimate of drug-likeness (QED) is 0.733. The Hall–Kier alpha value is -1.36. The molecule has 0 radical (unpaired) electrons. The molecular formula is C9H15N3O2. The van der Waals surface area contributed by atoms with Crippen molar-refractivity contribution in [3.05, 3.63) is 17.0 Å². The van der Waals surface area contributed by atoms with Crippen LogP contribution in [0.15, 0.2) is 0 Å². The van der Waals surface area contributed by atoms with Gasteiger partial charge in [-0.05, 0) is 13.3 Å². The molecule has 0 bridgehead atoms. The highest BCUT2D eigenvalue weighted by atomic mass is 16.7. The van der Waals surface area contributed by atoms with Gasteiger partial charge in [-0.25, -0.2) is 5.06 Å². The fourth-order valence-electron chi connectivity index (χ4n) is 1.22. The molecule has 1 heterocycles. The van der Waals surface area contributed by atoms with E-state index in [2.05, 4.69) is 10.2 Å². The van der Waals surface area contributed by atoms with E-state index >= 15 is 0 Å². The van der Waals surface area contributed by atoms with E-state index in [4.69, 9.17) is 4.84 Å². The van der Waals surface area contributed by atoms with E-state index in [0.29, 0.717) is 5.69 Å². The molecule has 5 heteroatoms. The second kappa shape index (κ2) is 4.23. The number of hydrogen-bond donors (Lipinski definition) is 1. The Morgan fingerprint density at radius 1 is 1.64 bits per heavy atom. The molecule has 0 aliphatic heterocycles. The van der Waals surface area contributed by atoms with Crippen LogP contribution >= 0.6 is 0 Å². The maximum absolute atomic E-state index is 11.6. The zero-order valence-electron chi connectivity index (χ0n) is 8.92. The lowest BCUT2D eigenvalue weighted by Gasteiger charge is -2.11. The minimum Gasteiger partial charge on any atom is -0.282 e. The Kier molecular flexibility index (Phi) is 3.24. The third-order valence-corrected chi connectivity index (χ3v) is 2.23. The Balaban J connectivity index is 2.96. The summed E-state index contributed by atoms with van der Waals surface area (Å²) in [6.45, 7) is 3.88. The zero-order valence-corrected chi connectivity index (χ0v) is 8.92. The topological polar surface area (TPSA) is 58.2 Å². The van der Waals surface area contributed by atoms with Crippen molar-refractivity contribution >= 4 is 5.91 Å². The number of aromatic nitrogens is 2. The van der Waals surface area contributed by atoms with Crippen molar-refractivity contribution in [3.8, 4) is 0 Å². The highest BCUT2D eigenvalue weighted by Crippen LogP contribution is 2.11. The number of aromatic amines is 1. The number of amides is 1. The molecule has 1 rings (SSSR count). The van der Waals surface area contributed by atoms with Crippen LogP contribution < -0.4 is 0 Å². The summed E-state index contributed by atoms with van der Waals surface area (Å²) in [4.78, 5) is 16.4. The first kappa shape index (κ1) is 10.7. The third-order valence-electron chi connectivity index (χ3n) is 2.23. The number of hydroxylamine groups is 2. The molecule has 0 saturated heterocycles. The van der Waals surface area contributed by atoms with Crippen molar-refractivity contribution in [2.24, 2.45) is 0 Å². The van der Waals surface area contributed by atoms with Gasteiger partial charge in [-0.15, -0.1) is 0 Å². The second-order valence-electron chi connectivity index (χ2n) is 3.01. The summed E-state index contributed by atoms with van der Waals surface area (Å²) < 4.78 is 0. The monoisotopic (exact) mass is 197 g/mol. The number of nitrogens with zero attached hydrogens (tertiary/aromatic N) is 2. The highest BCUT2D eigenvalue weighted by molar-refractivity contribution is 5.93. The molecule has 78 valence electrons. The van der Waals surface area contributed by atoms with Crippen molar-refractivity contribution in [1.29, 1.82) is 0 Å². The second-order valence-corrected chi connectivity index (χ2v) is 3.01. The molecule has 14 heavy (non-hydrogen) atoms. The average Bonchev–Trinajstić information content (AvgIpc) is 2.57. The summed E-state index contributed by atoms with van der Waals surface area (Å²) >= 11 is 0. The summed E-state index contributed by atoms with van der Waals surface area (Å²) in [6.07, 6.45) is 0.836. The molecule has 1 amide bonds. The van der Waals surface area contributed by atoms with Crippen molar-refractivity contribution < 1.29 is 9.63 Å². The SMILES string of the molecule is CCc1[nH]nc(C(=O)N(C)OC)c1C. The van der Waals surface area contributed by atoms with Crippen LogP contribution in [-0.4, -0.2) is 35.3 Å². The zero-order chi connectivity index (χ0) is 10.7. The van der Waals surface area contributed by atoms with Gasteiger partial charge in [0.15, 0.2) is 5.69 Å². The Morgan fingerprint density at radius 2 is 2.29 bits per heavy atom. The number of H-pyrrole nitrogens is 1. The van der Waals surface area contributed by atoms with Gasteiger partial charge in [-0.3, -0.25) is 14.7 Å². The molecule has 0 aromatic carbocycles. The van der Waals surface area contributed by atoms with Crippen LogP contribution in [0.2, 0.25) is 0 Å². The first-order valence-corrected chi connectivity index (χ1v) is 4.47. The highest BCUT2D eigenvalue weighted by Gasteiger charge is 2.18. The molecule has 5 nitrogen and oxygen atoms in total. The predicted molar refractivity (Wildman–Crippen MR) is 51.8 cm³/mol. The van der Waals surface area contributed by atoms with Crippen LogP contribution in [0, 0.1) is 6.92 Å². The number of hydrogen-bond acceptors (Lipinski definition) is 3. The van der Waals surface area contributed by atoms with E-state index in [0.717, 1.165) is 22.7 Å². The molecule has 1 aromatic heterocycles. The number of rotatable bonds is 3. The molecular weight excluding hydrogens is 182 g/mol. The van der Waals surface area contributed by atoms with E-state index in [1.807, 2.05) is 13.8 Å². The first-order chi connectivity index (χ1) is 6.61. The van der Waals surface area contributed by atoms with Crippen molar-refractivity contribution in [1.82, 2.24) is 15.3 Å². The number of nitrogens with one attached hydrogen (secondary N) is 1. The molecule has 1 aromatic rings. The lowest BCUT2D eigenvalue weighted by molar-refractivity contribution is -0.0761. The number of aryl methyl sites for hydroxylation is 1. The molecule has 0 fully saturated rings. The van der Waals surface area contributed by atoms with Crippen LogP contribution in [0.5, 0.6) is 0 Å². The molecule has 0 aliphatic rings. The van der Waals surface area contributed by atoms with Gasteiger partial charge in [0.1, 0.15) is 0 Å². The van der Waals surface area contributed by atoms with Gasteiger partial charge in [0.25, 0.3) is 5.91 Å². The largest absolute Gasteiger partial charge is 0.297 e. The van der Waals surface area contributed by atoms with Gasteiger partial charge in [-0.2, -0.15) is 5.10 Å². The predicted octanol–water partition coefficient (Wildman–Crippen LogP) is 0.914. The van der Waals surface area contributed by atoms with Gasteiger partial charge >= 0.3 is 0 Å². The van der Waals surface area contributed by atoms with E-state index < -0.39 is 0 Å². The van der Waals surface area contributed by atoms with E-state index in [1.54, 1.807) is 7.05 Å². The minimum atomic E-state index is -0.235. The van der Waals surface area contributed by atoms with Crippen LogP contribution in [0.25, 0.3) is 0 Å². The Labute approximate surface area is 83.0 Å². The van der Waals surface area contributed by atoms with Gasteiger partial charge in [0.05, 0.1) is 7.11 Å². The first-order valence-electron chi connectivity index (χ1n) is 4.47. The van der Waals surface area contributed by atoms with E-state index in [-0.39, 0.29) is 5.91 Å². The van der Waals surface area contributed by atoms with Crippen LogP contribution in [0.3, 0.4) is 0 Å². The summed E-state index contributed by atoms with van der Waals surface area (Å²) in [5.41, 5.74) is 2.30. The van der Waals surface area contributed by atoms with Crippen LogP contribution in [-0.2, 0) is 11.3 Å². The standard InChI is InChI=1S/C9H15N3O2/c1-5-7-6(2)8(11-10-7)9(13)12(3)14-4/h5H2,1-4H3,(H,10,11). The lowest BCUT2D eigenvalue weighted by atomic mass is 10.1. The van der Waals surface area contributed by atoms with Gasteiger partial charge in [-0.1, -0.05) is 6.92 Å². The van der Waals surface area contributed by atoms with Crippen molar-refractivity contribution in [3.63, 3.8) is 0 Å². The van der Waals surface area contributed by atoms with Crippen molar-refractivity contribution in [2.75, 3.05) is 14.2 Å². The summed E-state index contributed by atoms with van der Waals surface area (Å²) in [6, 6.07) is 0. The Morgan fingerprint density at radius 3 is 2.71 bits per heavy atom. The smallest absolute Gasteiger partial charge is 0.282 e. The fourth-order valence-corrected chi connectivity index (χ4v) is 1.22. The maximum atomic E-state index is 11.6. The number of carbonyl (C=O) groups excluding carboxylic acids is 1. The normalized spacial score (nSPS) is 10.3. The summed E-state index contributed by atoms with van der Waals surface area (Å²) in [5, 5.41) is 7.95. The Bertz CT molecular complexity index is 333. The lowest BCUT2D eigenvalue weighted by Crippen LogP contribution is -2.26. The maximum Gasteiger partial charge on any atom is 0.297 e. The van der Waals surface area contributed by atoms with Crippen LogP contribution in [0.1, 0.15) is 28.7 Å². The molecule has 0 saturated carbocycles. The molecule has 0 aliphatic carbocycles. The van der Waals surface area contributed by atoms with E-state index in [1.165, 1.54) is 7.11 Å². The molecule has 1 N–H and O–H groups in total. The summed E-state index contributed by atoms with van der Waals surface area (Å²) in [7, 11) is 3.00. The average molecular weight is 197 g/mol. The fraction of sp³-hybridized carbons (Fsp3) is 0.556. The molecule has 0 unspecified atom stereocenters. The number of carbonyl (C=O) groups is 1. The van der Waals surface area contributed by atoms with Crippen LogP contribution in [0.4, 0.5) is 0 Å². The molecule has 0 atom stereocenters. The minimum absolute atomic E-state index is 0.235. The third kappa shape index (κ3) is 1.77. The van der Waals surface area contributed by atoms with Gasteiger partial charge in [0.2, 0.25) is 0 Å².